The number of aromatic amines is 1. The van der Waals surface area contributed by atoms with E-state index in [0.717, 1.165) is 51.5 Å². The number of hydrogen-bond donors (Lipinski definition) is 1. The van der Waals surface area contributed by atoms with Gasteiger partial charge in [0.25, 0.3) is 0 Å². The van der Waals surface area contributed by atoms with Gasteiger partial charge in [-0.3, -0.25) is 9.69 Å². The van der Waals surface area contributed by atoms with Crippen LogP contribution in [0.15, 0.2) is 12.4 Å². The summed E-state index contributed by atoms with van der Waals surface area (Å²) in [7, 11) is 2.09. The van der Waals surface area contributed by atoms with Gasteiger partial charge < -0.3 is 14.6 Å². The molecule has 2 aliphatic rings. The van der Waals surface area contributed by atoms with Gasteiger partial charge >= 0.3 is 0 Å². The molecule has 2 saturated heterocycles. The topological polar surface area (TPSA) is 61.5 Å². The predicted octanol–water partition coefficient (Wildman–Crippen LogP) is 1.43. The zero-order valence-corrected chi connectivity index (χ0v) is 13.3. The Kier molecular flexibility index (Phi) is 5.10. The van der Waals surface area contributed by atoms with Crippen molar-refractivity contribution in [2.75, 3.05) is 39.9 Å². The maximum Gasteiger partial charge on any atom is 0.222 e. The first-order valence-corrected chi connectivity index (χ1v) is 8.29. The summed E-state index contributed by atoms with van der Waals surface area (Å²) in [6, 6.07) is 0.172. The van der Waals surface area contributed by atoms with Crippen LogP contribution >= 0.6 is 0 Å². The second kappa shape index (κ2) is 7.24. The first-order valence-electron chi connectivity index (χ1n) is 8.29. The van der Waals surface area contributed by atoms with Gasteiger partial charge in [-0.2, -0.15) is 0 Å². The van der Waals surface area contributed by atoms with Gasteiger partial charge in [0, 0.05) is 51.7 Å². The van der Waals surface area contributed by atoms with Crippen LogP contribution < -0.4 is 0 Å². The minimum atomic E-state index is 0.172. The molecule has 1 N–H and O–H groups in total. The van der Waals surface area contributed by atoms with Crippen LogP contribution in [0.1, 0.15) is 37.5 Å². The van der Waals surface area contributed by atoms with Gasteiger partial charge in [-0.25, -0.2) is 4.98 Å². The lowest BCUT2D eigenvalue weighted by Gasteiger charge is -2.38. The van der Waals surface area contributed by atoms with Crippen molar-refractivity contribution in [1.82, 2.24) is 19.8 Å². The number of amides is 1. The molecule has 6 nitrogen and oxygen atoms in total. The molecule has 0 saturated carbocycles. The Hall–Kier alpha value is -1.40. The van der Waals surface area contributed by atoms with E-state index >= 15 is 0 Å². The van der Waals surface area contributed by atoms with Crippen molar-refractivity contribution in [1.29, 1.82) is 0 Å². The fourth-order valence-corrected chi connectivity index (χ4v) is 3.38. The molecule has 122 valence electrons. The van der Waals surface area contributed by atoms with E-state index in [1.807, 2.05) is 11.1 Å². The van der Waals surface area contributed by atoms with E-state index in [0.29, 0.717) is 12.3 Å². The van der Waals surface area contributed by atoms with Crippen molar-refractivity contribution >= 4 is 5.91 Å². The number of imidazole rings is 1. The molecule has 0 aliphatic carbocycles. The molecule has 22 heavy (non-hydrogen) atoms. The van der Waals surface area contributed by atoms with E-state index in [9.17, 15) is 4.79 Å². The Morgan fingerprint density at radius 2 is 2.41 bits per heavy atom. The zero-order chi connectivity index (χ0) is 15.4. The molecular weight excluding hydrogens is 280 g/mol. The molecule has 2 aliphatic heterocycles. The van der Waals surface area contributed by atoms with Crippen LogP contribution in [0.5, 0.6) is 0 Å². The molecule has 3 heterocycles. The smallest absolute Gasteiger partial charge is 0.222 e. The minimum Gasteiger partial charge on any atom is -0.381 e. The molecule has 6 heteroatoms. The van der Waals surface area contributed by atoms with Crippen molar-refractivity contribution in [3.63, 3.8) is 0 Å². The molecule has 1 aromatic heterocycles. The number of H-pyrrole nitrogens is 1. The fraction of sp³-hybridized carbons (Fsp3) is 0.750. The van der Waals surface area contributed by atoms with E-state index in [2.05, 4.69) is 21.9 Å². The number of likely N-dealkylation sites (N-methyl/N-ethyl adjacent to an activating group) is 1. The fourth-order valence-electron chi connectivity index (χ4n) is 3.38. The molecule has 0 radical (unpaired) electrons. The van der Waals surface area contributed by atoms with Crippen LogP contribution in [0, 0.1) is 5.92 Å². The van der Waals surface area contributed by atoms with E-state index in [1.165, 1.54) is 6.42 Å². The molecule has 2 atom stereocenters. The van der Waals surface area contributed by atoms with E-state index in [-0.39, 0.29) is 11.9 Å². The highest BCUT2D eigenvalue weighted by molar-refractivity contribution is 5.76. The highest BCUT2D eigenvalue weighted by Gasteiger charge is 2.30. The van der Waals surface area contributed by atoms with Gasteiger partial charge in [-0.15, -0.1) is 0 Å². The molecule has 2 fully saturated rings. The summed E-state index contributed by atoms with van der Waals surface area (Å²) in [4.78, 5) is 24.3. The van der Waals surface area contributed by atoms with Gasteiger partial charge in [0.2, 0.25) is 5.91 Å². The first kappa shape index (κ1) is 15.5. The van der Waals surface area contributed by atoms with Gasteiger partial charge in [0.15, 0.2) is 0 Å². The monoisotopic (exact) mass is 306 g/mol. The number of carbonyl (C=O) groups excluding carboxylic acids is 1. The standard InChI is InChI=1S/C16H26N4O2/c1-19-8-9-20(11-14(19)16-17-6-7-18-16)15(21)5-4-13-3-2-10-22-12-13/h6-7,13-14H,2-5,8-12H2,1H3,(H,17,18)/t13-,14+/m1/s1. The Labute approximate surface area is 131 Å². The third-order valence-corrected chi connectivity index (χ3v) is 4.86. The Bertz CT molecular complexity index is 471. The lowest BCUT2D eigenvalue weighted by atomic mass is 9.96. The molecular formula is C16H26N4O2. The number of ether oxygens (including phenoxy) is 1. The number of hydrogen-bond acceptors (Lipinski definition) is 4. The maximum absolute atomic E-state index is 12.5. The number of piperazine rings is 1. The summed E-state index contributed by atoms with van der Waals surface area (Å²) in [6.07, 6.45) is 7.54. The molecule has 3 rings (SSSR count). The SMILES string of the molecule is CN1CCN(C(=O)CC[C@H]2CCCOC2)C[C@H]1c1ncc[nH]1. The number of aromatic nitrogens is 2. The third-order valence-electron chi connectivity index (χ3n) is 4.86. The zero-order valence-electron chi connectivity index (χ0n) is 13.3. The maximum atomic E-state index is 12.5. The van der Waals surface area contributed by atoms with Crippen LogP contribution in [0.4, 0.5) is 0 Å². The van der Waals surface area contributed by atoms with Crippen molar-refractivity contribution in [2.45, 2.75) is 31.7 Å². The normalized spacial score (nSPS) is 27.0. The van der Waals surface area contributed by atoms with E-state index in [4.69, 9.17) is 4.74 Å². The van der Waals surface area contributed by atoms with Gasteiger partial charge in [-0.1, -0.05) is 0 Å². The van der Waals surface area contributed by atoms with Crippen LogP contribution in [-0.4, -0.2) is 65.6 Å². The summed E-state index contributed by atoms with van der Waals surface area (Å²) >= 11 is 0. The molecule has 0 unspecified atom stereocenters. The summed E-state index contributed by atoms with van der Waals surface area (Å²) in [6.45, 7) is 4.14. The number of carbonyl (C=O) groups is 1. The quantitative estimate of drug-likeness (QED) is 0.914. The van der Waals surface area contributed by atoms with Crippen LogP contribution in [0.2, 0.25) is 0 Å². The summed E-state index contributed by atoms with van der Waals surface area (Å²) < 4.78 is 5.50. The minimum absolute atomic E-state index is 0.172. The lowest BCUT2D eigenvalue weighted by molar-refractivity contribution is -0.134. The van der Waals surface area contributed by atoms with Crippen molar-refractivity contribution in [3.05, 3.63) is 18.2 Å². The van der Waals surface area contributed by atoms with Crippen LogP contribution in [0.25, 0.3) is 0 Å². The van der Waals surface area contributed by atoms with Gasteiger partial charge in [0.1, 0.15) is 5.82 Å². The average Bonchev–Trinajstić information content (AvgIpc) is 3.08. The highest BCUT2D eigenvalue weighted by atomic mass is 16.5. The Balaban J connectivity index is 1.51. The lowest BCUT2D eigenvalue weighted by Crippen LogP contribution is -2.49. The molecule has 0 bridgehead atoms. The largest absolute Gasteiger partial charge is 0.381 e. The highest BCUT2D eigenvalue weighted by Crippen LogP contribution is 2.23. The first-order chi connectivity index (χ1) is 10.7. The van der Waals surface area contributed by atoms with Crippen molar-refractivity contribution < 1.29 is 9.53 Å². The number of nitrogens with zero attached hydrogens (tertiary/aromatic N) is 3. The predicted molar refractivity (Wildman–Crippen MR) is 83.3 cm³/mol. The number of rotatable bonds is 4. The Morgan fingerprint density at radius 1 is 1.50 bits per heavy atom. The van der Waals surface area contributed by atoms with Crippen LogP contribution in [-0.2, 0) is 9.53 Å². The molecule has 1 amide bonds. The van der Waals surface area contributed by atoms with Crippen LogP contribution in [0.3, 0.4) is 0 Å². The molecule has 0 spiro atoms. The van der Waals surface area contributed by atoms with Gasteiger partial charge in [-0.05, 0) is 32.2 Å². The van der Waals surface area contributed by atoms with E-state index in [1.54, 1.807) is 6.20 Å². The summed E-state index contributed by atoms with van der Waals surface area (Å²) in [5.74, 6) is 1.78. The average molecular weight is 306 g/mol. The van der Waals surface area contributed by atoms with Gasteiger partial charge in [0.05, 0.1) is 6.04 Å². The second-order valence-electron chi connectivity index (χ2n) is 6.43. The second-order valence-corrected chi connectivity index (χ2v) is 6.43. The number of nitrogens with one attached hydrogen (secondary N) is 1. The Morgan fingerprint density at radius 3 is 3.14 bits per heavy atom. The summed E-state index contributed by atoms with van der Waals surface area (Å²) in [5, 5.41) is 0. The van der Waals surface area contributed by atoms with E-state index < -0.39 is 0 Å². The van der Waals surface area contributed by atoms with Crippen molar-refractivity contribution in [2.24, 2.45) is 5.92 Å². The van der Waals surface area contributed by atoms with Crippen molar-refractivity contribution in [3.8, 4) is 0 Å². The third kappa shape index (κ3) is 3.67. The molecule has 1 aromatic rings. The summed E-state index contributed by atoms with van der Waals surface area (Å²) in [5.41, 5.74) is 0. The molecule has 0 aromatic carbocycles.